The molecule has 0 bridgehead atoms. The van der Waals surface area contributed by atoms with Crippen LogP contribution in [0.2, 0.25) is 0 Å². The molecule has 1 aliphatic heterocycles. The molecule has 0 atom stereocenters. The molecule has 1 aliphatic rings. The molecule has 148 valence electrons. The van der Waals surface area contributed by atoms with Crippen molar-refractivity contribution >= 4 is 23.2 Å². The number of benzene rings is 2. The molecule has 0 fully saturated rings. The Morgan fingerprint density at radius 2 is 1.89 bits per heavy atom. The number of aryl methyl sites for hydroxylation is 1. The van der Waals surface area contributed by atoms with E-state index in [1.54, 1.807) is 4.90 Å². The normalized spacial score (nSPS) is 13.3. The van der Waals surface area contributed by atoms with Crippen molar-refractivity contribution in [3.05, 3.63) is 59.7 Å². The van der Waals surface area contributed by atoms with Gasteiger partial charge in [-0.3, -0.25) is 9.59 Å². The number of anilines is 2. The lowest BCUT2D eigenvalue weighted by molar-refractivity contribution is -0.118. The lowest BCUT2D eigenvalue weighted by Gasteiger charge is -2.33. The zero-order valence-electron chi connectivity index (χ0n) is 16.7. The first-order valence-corrected chi connectivity index (χ1v) is 9.97. The van der Waals surface area contributed by atoms with E-state index in [0.717, 1.165) is 30.8 Å². The van der Waals surface area contributed by atoms with Gasteiger partial charge in [-0.25, -0.2) is 0 Å². The molecule has 3 rings (SSSR count). The zero-order valence-corrected chi connectivity index (χ0v) is 16.7. The van der Waals surface area contributed by atoms with Crippen molar-refractivity contribution in [1.82, 2.24) is 0 Å². The third-order valence-electron chi connectivity index (χ3n) is 5.26. The number of para-hydroxylation sites is 1. The van der Waals surface area contributed by atoms with Crippen LogP contribution in [0.25, 0.3) is 0 Å². The average Bonchev–Trinajstić information content (AvgIpc) is 2.68. The van der Waals surface area contributed by atoms with Crippen molar-refractivity contribution in [1.29, 1.82) is 0 Å². The van der Waals surface area contributed by atoms with Crippen molar-refractivity contribution in [3.8, 4) is 0 Å². The van der Waals surface area contributed by atoms with Crippen LogP contribution in [0.3, 0.4) is 0 Å². The van der Waals surface area contributed by atoms with Gasteiger partial charge in [0.15, 0.2) is 0 Å². The van der Waals surface area contributed by atoms with Crippen molar-refractivity contribution < 1.29 is 9.59 Å². The number of nitrogens with zero attached hydrogens (tertiary/aromatic N) is 2. The lowest BCUT2D eigenvalue weighted by atomic mass is 9.95. The molecular weight excluding hydrogens is 350 g/mol. The number of hydrogen-bond donors (Lipinski definition) is 1. The van der Waals surface area contributed by atoms with E-state index in [1.807, 2.05) is 30.3 Å². The van der Waals surface area contributed by atoms with E-state index < -0.39 is 5.91 Å². The molecule has 5 heteroatoms. The Kier molecular flexibility index (Phi) is 6.34. The summed E-state index contributed by atoms with van der Waals surface area (Å²) in [6, 6.07) is 16.1. The van der Waals surface area contributed by atoms with Gasteiger partial charge in [-0.2, -0.15) is 0 Å². The third kappa shape index (κ3) is 4.71. The van der Waals surface area contributed by atoms with Crippen molar-refractivity contribution in [3.63, 3.8) is 0 Å². The van der Waals surface area contributed by atoms with Crippen LogP contribution in [-0.2, 0) is 16.0 Å². The van der Waals surface area contributed by atoms with E-state index in [0.29, 0.717) is 19.0 Å². The van der Waals surface area contributed by atoms with Crippen LogP contribution in [0.4, 0.5) is 11.4 Å². The fourth-order valence-electron chi connectivity index (χ4n) is 3.69. The van der Waals surface area contributed by atoms with E-state index in [2.05, 4.69) is 36.9 Å². The number of nitrogens with two attached hydrogens (primary N) is 1. The molecule has 2 aromatic rings. The van der Waals surface area contributed by atoms with Gasteiger partial charge in [0.25, 0.3) is 0 Å². The number of carbonyl (C=O) groups is 2. The van der Waals surface area contributed by atoms with Gasteiger partial charge in [-0.05, 0) is 48.1 Å². The molecular formula is C23H29N3O2. The summed E-state index contributed by atoms with van der Waals surface area (Å²) in [6.07, 6.45) is 2.23. The molecule has 0 spiro atoms. The maximum Gasteiger partial charge on any atom is 0.246 e. The van der Waals surface area contributed by atoms with Crippen LogP contribution in [0, 0.1) is 0 Å². The molecule has 1 heterocycles. The first kappa shape index (κ1) is 19.9. The average molecular weight is 380 g/mol. The molecule has 0 saturated heterocycles. The minimum absolute atomic E-state index is 0.0202. The lowest BCUT2D eigenvalue weighted by Crippen LogP contribution is -2.43. The summed E-state index contributed by atoms with van der Waals surface area (Å²) in [6.45, 7) is 5.84. The zero-order chi connectivity index (χ0) is 20.1. The summed E-state index contributed by atoms with van der Waals surface area (Å²) in [5, 5.41) is 0. The van der Waals surface area contributed by atoms with Gasteiger partial charge in [0.05, 0.1) is 6.54 Å². The Morgan fingerprint density at radius 1 is 1.14 bits per heavy atom. The van der Waals surface area contributed by atoms with E-state index in [4.69, 9.17) is 5.73 Å². The quantitative estimate of drug-likeness (QED) is 0.801. The molecule has 0 saturated carbocycles. The largest absolute Gasteiger partial charge is 0.370 e. The summed E-state index contributed by atoms with van der Waals surface area (Å²) >= 11 is 0. The third-order valence-corrected chi connectivity index (χ3v) is 5.26. The van der Waals surface area contributed by atoms with Crippen LogP contribution in [0.15, 0.2) is 48.5 Å². The second kappa shape index (κ2) is 8.91. The van der Waals surface area contributed by atoms with Crippen molar-refractivity contribution in [2.75, 3.05) is 29.4 Å². The van der Waals surface area contributed by atoms with Crippen LogP contribution in [0.5, 0.6) is 0 Å². The summed E-state index contributed by atoms with van der Waals surface area (Å²) in [5.74, 6) is 0.0659. The predicted molar refractivity (Wildman–Crippen MR) is 114 cm³/mol. The van der Waals surface area contributed by atoms with E-state index in [1.165, 1.54) is 11.1 Å². The summed E-state index contributed by atoms with van der Waals surface area (Å²) in [4.78, 5) is 28.2. The van der Waals surface area contributed by atoms with Crippen molar-refractivity contribution in [2.24, 2.45) is 5.73 Å². The highest BCUT2D eigenvalue weighted by Gasteiger charge is 2.23. The van der Waals surface area contributed by atoms with Crippen LogP contribution >= 0.6 is 0 Å². The number of hydrogen-bond acceptors (Lipinski definition) is 3. The van der Waals surface area contributed by atoms with Crippen LogP contribution < -0.4 is 15.5 Å². The molecule has 2 N–H and O–H groups in total. The maximum absolute atomic E-state index is 13.1. The Morgan fingerprint density at radius 3 is 2.57 bits per heavy atom. The minimum Gasteiger partial charge on any atom is -0.370 e. The monoisotopic (exact) mass is 379 g/mol. The van der Waals surface area contributed by atoms with Gasteiger partial charge in [-0.1, -0.05) is 44.2 Å². The maximum atomic E-state index is 13.1. The molecule has 0 unspecified atom stereocenters. The van der Waals surface area contributed by atoms with Gasteiger partial charge < -0.3 is 15.5 Å². The number of fused-ring (bicyclic) bond motifs is 1. The Hall–Kier alpha value is -2.82. The molecule has 2 amide bonds. The smallest absolute Gasteiger partial charge is 0.246 e. The van der Waals surface area contributed by atoms with E-state index >= 15 is 0 Å². The molecule has 0 radical (unpaired) electrons. The molecule has 28 heavy (non-hydrogen) atoms. The SMILES string of the molecule is CC(C)c1ccc2c(c1)CCCN2CC(=O)N(CCC(N)=O)c1ccccc1. The van der Waals surface area contributed by atoms with Crippen LogP contribution in [0.1, 0.15) is 43.7 Å². The Bertz CT molecular complexity index is 833. The second-order valence-electron chi connectivity index (χ2n) is 7.67. The van der Waals surface area contributed by atoms with Gasteiger partial charge in [0.2, 0.25) is 11.8 Å². The Labute approximate surface area is 167 Å². The molecule has 0 aromatic heterocycles. The van der Waals surface area contributed by atoms with Crippen LogP contribution in [-0.4, -0.2) is 31.4 Å². The van der Waals surface area contributed by atoms with E-state index in [-0.39, 0.29) is 12.3 Å². The highest BCUT2D eigenvalue weighted by molar-refractivity contribution is 5.97. The summed E-state index contributed by atoms with van der Waals surface area (Å²) in [5.41, 5.74) is 9.90. The minimum atomic E-state index is -0.404. The predicted octanol–water partition coefficient (Wildman–Crippen LogP) is 3.47. The molecule has 5 nitrogen and oxygen atoms in total. The number of carbonyl (C=O) groups excluding carboxylic acids is 2. The van der Waals surface area contributed by atoms with Gasteiger partial charge in [0, 0.05) is 30.9 Å². The van der Waals surface area contributed by atoms with Gasteiger partial charge in [0.1, 0.15) is 0 Å². The summed E-state index contributed by atoms with van der Waals surface area (Å²) < 4.78 is 0. The van der Waals surface area contributed by atoms with Gasteiger partial charge >= 0.3 is 0 Å². The standard InChI is InChI=1S/C23H29N3O2/c1-17(2)18-10-11-21-19(15-18)7-6-13-25(21)16-23(28)26(14-12-22(24)27)20-8-4-3-5-9-20/h3-5,8-11,15,17H,6-7,12-14,16H2,1-2H3,(H2,24,27). The number of amides is 2. The second-order valence-corrected chi connectivity index (χ2v) is 7.67. The molecule has 0 aliphatic carbocycles. The Balaban J connectivity index is 1.80. The fourth-order valence-corrected chi connectivity index (χ4v) is 3.69. The van der Waals surface area contributed by atoms with Crippen molar-refractivity contribution in [2.45, 2.75) is 39.0 Å². The first-order chi connectivity index (χ1) is 13.5. The molecule has 2 aromatic carbocycles. The van der Waals surface area contributed by atoms with Gasteiger partial charge in [-0.15, -0.1) is 0 Å². The summed E-state index contributed by atoms with van der Waals surface area (Å²) in [7, 11) is 0. The first-order valence-electron chi connectivity index (χ1n) is 9.97. The highest BCUT2D eigenvalue weighted by atomic mass is 16.2. The van der Waals surface area contributed by atoms with E-state index in [9.17, 15) is 9.59 Å². The fraction of sp³-hybridized carbons (Fsp3) is 0.391. The number of rotatable bonds is 7. The highest BCUT2D eigenvalue weighted by Crippen LogP contribution is 2.30. The number of primary amides is 1. The topological polar surface area (TPSA) is 66.6 Å².